The molecule has 0 aromatic heterocycles. The number of aliphatic hydroxyl groups excluding tert-OH is 4. The van der Waals surface area contributed by atoms with Gasteiger partial charge in [0.25, 0.3) is 0 Å². The van der Waals surface area contributed by atoms with Crippen molar-refractivity contribution in [3.63, 3.8) is 0 Å². The predicted molar refractivity (Wildman–Crippen MR) is 205 cm³/mol. The maximum Gasteiger partial charge on any atom is 0.308 e. The van der Waals surface area contributed by atoms with Crippen molar-refractivity contribution in [1.29, 1.82) is 0 Å². The van der Waals surface area contributed by atoms with Crippen LogP contribution in [0, 0.1) is 0 Å². The zero-order valence-electron chi connectivity index (χ0n) is 31.3. The molecule has 0 amide bonds. The summed E-state index contributed by atoms with van der Waals surface area (Å²) in [4.78, 5) is 54.1. The average molecular weight is 799 g/mol. The highest BCUT2D eigenvalue weighted by molar-refractivity contribution is 6.31. The van der Waals surface area contributed by atoms with Gasteiger partial charge in [-0.15, -0.1) is 0 Å². The van der Waals surface area contributed by atoms with Crippen molar-refractivity contribution in [2.75, 3.05) is 6.61 Å². The monoisotopic (exact) mass is 798 g/mol. The normalized spacial score (nSPS) is 19.9. The number of aldehydes is 1. The number of rotatable bonds is 12. The molecule has 1 heterocycles. The molecule has 1 saturated heterocycles. The van der Waals surface area contributed by atoms with Crippen LogP contribution >= 0.6 is 0 Å². The van der Waals surface area contributed by atoms with Gasteiger partial charge in [-0.2, -0.15) is 0 Å². The molecule has 0 spiro atoms. The fourth-order valence-corrected chi connectivity index (χ4v) is 7.25. The maximum atomic E-state index is 14.8. The predicted octanol–water partition coefficient (Wildman–Crippen LogP) is 1.14. The third kappa shape index (κ3) is 7.68. The van der Waals surface area contributed by atoms with Crippen molar-refractivity contribution >= 4 is 36.0 Å². The van der Waals surface area contributed by atoms with Gasteiger partial charge in [0.1, 0.15) is 23.4 Å². The molecule has 0 unspecified atom stereocenters. The number of aliphatic hydroxyl groups is 6. The molecule has 0 saturated carbocycles. The van der Waals surface area contributed by atoms with Crippen LogP contribution in [0.15, 0.2) is 54.6 Å². The molecule has 16 nitrogen and oxygen atoms in total. The lowest BCUT2D eigenvalue weighted by atomic mass is 9.77. The van der Waals surface area contributed by atoms with Gasteiger partial charge in [-0.05, 0) is 59.4 Å². The topological polar surface area (TPSA) is 290 Å². The fourth-order valence-electron chi connectivity index (χ4n) is 7.25. The molecule has 4 aromatic carbocycles. The van der Waals surface area contributed by atoms with Crippen LogP contribution in [0.3, 0.4) is 0 Å². The fraction of sp³-hybridized carbons (Fsp3) is 0.286. The Morgan fingerprint density at radius 2 is 1.64 bits per heavy atom. The molecule has 1 fully saturated rings. The molecular formula is C42H42N2O14. The Kier molecular flexibility index (Phi) is 12.1. The Labute approximate surface area is 331 Å². The van der Waals surface area contributed by atoms with E-state index in [0.717, 1.165) is 18.6 Å². The molecule has 0 radical (unpaired) electrons. The van der Waals surface area contributed by atoms with Crippen LogP contribution in [0.5, 0.6) is 17.2 Å². The second kappa shape index (κ2) is 16.7. The van der Waals surface area contributed by atoms with Crippen molar-refractivity contribution in [3.05, 3.63) is 121 Å². The number of ether oxygens (including phenoxy) is 3. The van der Waals surface area contributed by atoms with Gasteiger partial charge in [0.05, 0.1) is 24.4 Å². The Bertz CT molecular complexity index is 2340. The van der Waals surface area contributed by atoms with Crippen molar-refractivity contribution < 1.29 is 69.1 Å². The number of aromatic hydroxyl groups is 1. The lowest BCUT2D eigenvalue weighted by Crippen LogP contribution is -2.67. The molecule has 4 atom stereocenters. The Morgan fingerprint density at radius 3 is 2.29 bits per heavy atom. The molecule has 304 valence electrons. The minimum Gasteiger partial charge on any atom is -0.507 e. The number of fused-ring (bicyclic) bond motifs is 2. The highest BCUT2D eigenvalue weighted by atomic mass is 16.7. The molecule has 16 heteroatoms. The second-order valence-corrected chi connectivity index (χ2v) is 14.0. The van der Waals surface area contributed by atoms with E-state index in [1.165, 1.54) is 31.2 Å². The van der Waals surface area contributed by atoms with E-state index in [0.29, 0.717) is 18.3 Å². The number of phenols is 1. The van der Waals surface area contributed by atoms with E-state index in [1.54, 1.807) is 36.4 Å². The number of benzene rings is 4. The van der Waals surface area contributed by atoms with Gasteiger partial charge < -0.3 is 61.4 Å². The highest BCUT2D eigenvalue weighted by Crippen LogP contribution is 2.46. The molecule has 6 rings (SSSR count). The molecule has 1 aliphatic carbocycles. The molecular weight excluding hydrogens is 756 g/mol. The Morgan fingerprint density at radius 1 is 0.914 bits per heavy atom. The summed E-state index contributed by atoms with van der Waals surface area (Å²) in [6.07, 6.45) is -5.17. The number of carbonyl (C=O) groups is 4. The number of carbonyl (C=O) groups excluding carboxylic acids is 4. The van der Waals surface area contributed by atoms with Gasteiger partial charge in [0, 0.05) is 53.3 Å². The van der Waals surface area contributed by atoms with Crippen molar-refractivity contribution in [2.45, 2.75) is 69.9 Å². The van der Waals surface area contributed by atoms with E-state index in [2.05, 4.69) is 0 Å². The van der Waals surface area contributed by atoms with Crippen molar-refractivity contribution in [3.8, 4) is 17.2 Å². The molecule has 2 aliphatic rings. The summed E-state index contributed by atoms with van der Waals surface area (Å²) in [5.74, 6) is -7.14. The molecule has 4 aromatic rings. The SMILES string of the molecule is CC(=O)Oc1cc(CO)c2c(c1/C=C/c1cccc(CCO)c1)C(=O)c1cc(O[C@H]3O[C@@H](C)[C@@H](O)C(O)(O)[C@H]3O)c(Cc3cccc(C(N)N)c3C=O)c(O)c1C2=O. The minimum atomic E-state index is -3.15. The second-order valence-electron chi connectivity index (χ2n) is 14.0. The summed E-state index contributed by atoms with van der Waals surface area (Å²) >= 11 is 0. The number of phenolic OH excluding ortho intramolecular Hbond substituents is 1. The first-order valence-corrected chi connectivity index (χ1v) is 18.1. The van der Waals surface area contributed by atoms with Crippen LogP contribution in [0.25, 0.3) is 12.2 Å². The number of hydrogen-bond donors (Lipinski definition) is 9. The van der Waals surface area contributed by atoms with Gasteiger partial charge in [-0.25, -0.2) is 0 Å². The molecule has 0 bridgehead atoms. The van der Waals surface area contributed by atoms with Crippen LogP contribution in [0.1, 0.15) is 101 Å². The smallest absolute Gasteiger partial charge is 0.308 e. The van der Waals surface area contributed by atoms with Crippen LogP contribution in [-0.4, -0.2) is 96.6 Å². The highest BCUT2D eigenvalue weighted by Gasteiger charge is 2.54. The zero-order chi connectivity index (χ0) is 42.2. The number of nitrogens with two attached hydrogens (primary N) is 2. The van der Waals surface area contributed by atoms with Crippen LogP contribution < -0.4 is 20.9 Å². The lowest BCUT2D eigenvalue weighted by molar-refractivity contribution is -0.371. The number of esters is 1. The summed E-state index contributed by atoms with van der Waals surface area (Å²) in [6, 6.07) is 13.9. The maximum absolute atomic E-state index is 14.8. The van der Waals surface area contributed by atoms with Crippen LogP contribution in [0.4, 0.5) is 0 Å². The largest absolute Gasteiger partial charge is 0.507 e. The van der Waals surface area contributed by atoms with Gasteiger partial charge >= 0.3 is 5.97 Å². The summed E-state index contributed by atoms with van der Waals surface area (Å²) in [5, 5.41) is 74.3. The summed E-state index contributed by atoms with van der Waals surface area (Å²) < 4.78 is 17.0. The Hall–Kier alpha value is -5.66. The van der Waals surface area contributed by atoms with Crippen LogP contribution in [-0.2, 0) is 29.0 Å². The van der Waals surface area contributed by atoms with E-state index < -0.39 is 83.3 Å². The quantitative estimate of drug-likeness (QED) is 0.0281. The first-order chi connectivity index (χ1) is 27.5. The van der Waals surface area contributed by atoms with Gasteiger partial charge in [0.15, 0.2) is 24.0 Å². The van der Waals surface area contributed by atoms with Crippen LogP contribution in [0.2, 0.25) is 0 Å². The van der Waals surface area contributed by atoms with Crippen molar-refractivity contribution in [1.82, 2.24) is 0 Å². The molecule has 11 N–H and O–H groups in total. The third-order valence-electron chi connectivity index (χ3n) is 10.2. The molecule has 58 heavy (non-hydrogen) atoms. The summed E-state index contributed by atoms with van der Waals surface area (Å²) in [6.45, 7) is 1.49. The molecule has 1 aliphatic heterocycles. The number of hydrogen-bond acceptors (Lipinski definition) is 16. The average Bonchev–Trinajstić information content (AvgIpc) is 3.18. The standard InChI is InChI=1S/C42H42N2O14/c1-19-38(52)42(54,55)39(53)41(56-19)58-31-16-28-34(35(49)27(31)14-23-7-4-8-25(40(43)44)29(23)18-47)37(51)32-24(17-46)15-30(57-20(2)48)26(33(32)36(28)50)10-9-21-5-3-6-22(13-21)11-12-45/h3-10,13,15-16,18-19,38-41,45-46,49,52-55H,11-12,14,17,43-44H2,1-2H3/b10-9+/t19-,38+,39-,41+/m0/s1. The zero-order valence-corrected chi connectivity index (χ0v) is 31.3. The third-order valence-corrected chi connectivity index (χ3v) is 10.2. The van der Waals surface area contributed by atoms with E-state index in [-0.39, 0.29) is 63.3 Å². The van der Waals surface area contributed by atoms with Crippen molar-refractivity contribution in [2.24, 2.45) is 11.5 Å². The summed E-state index contributed by atoms with van der Waals surface area (Å²) in [5.41, 5.74) is 11.8. The van der Waals surface area contributed by atoms with E-state index in [4.69, 9.17) is 25.7 Å². The first-order valence-electron chi connectivity index (χ1n) is 18.1. The van der Waals surface area contributed by atoms with Gasteiger partial charge in [0.2, 0.25) is 12.1 Å². The summed E-state index contributed by atoms with van der Waals surface area (Å²) in [7, 11) is 0. The minimum absolute atomic E-state index is 0.0326. The van der Waals surface area contributed by atoms with Gasteiger partial charge in [-0.3, -0.25) is 19.2 Å². The first kappa shape index (κ1) is 42.0. The van der Waals surface area contributed by atoms with E-state index in [1.807, 2.05) is 0 Å². The van der Waals surface area contributed by atoms with Gasteiger partial charge in [-0.1, -0.05) is 48.5 Å². The van der Waals surface area contributed by atoms with E-state index in [9.17, 15) is 54.9 Å². The van der Waals surface area contributed by atoms with E-state index >= 15 is 0 Å². The Balaban J connectivity index is 1.59. The lowest BCUT2D eigenvalue weighted by Gasteiger charge is -2.44. The number of ketones is 2.